The Morgan fingerprint density at radius 2 is 1.52 bits per heavy atom. The third-order valence-corrected chi connectivity index (χ3v) is 6.07. The summed E-state index contributed by atoms with van der Waals surface area (Å²) in [5.74, 6) is -1.22. The second-order valence-electron chi connectivity index (χ2n) is 9.48. The van der Waals surface area contributed by atoms with Crippen LogP contribution in [0, 0.1) is 5.92 Å². The van der Waals surface area contributed by atoms with Gasteiger partial charge in [-0.25, -0.2) is 4.79 Å². The number of carbonyl (C=O) groups is 5. The molecule has 0 spiro atoms. The summed E-state index contributed by atoms with van der Waals surface area (Å²) in [4.78, 5) is 63.7. The first-order valence-electron chi connectivity index (χ1n) is 12.8. The van der Waals surface area contributed by atoms with E-state index in [1.165, 1.54) is 47.4 Å². The van der Waals surface area contributed by atoms with Gasteiger partial charge in [0.25, 0.3) is 23.6 Å². The minimum Gasteiger partial charge on any atom is -0.434 e. The summed E-state index contributed by atoms with van der Waals surface area (Å²) in [6, 6.07) is 17.4. The van der Waals surface area contributed by atoms with Gasteiger partial charge in [0.05, 0.1) is 17.7 Å². The van der Waals surface area contributed by atoms with Gasteiger partial charge in [-0.1, -0.05) is 32.0 Å². The van der Waals surface area contributed by atoms with Gasteiger partial charge < -0.3 is 20.1 Å². The Morgan fingerprint density at radius 3 is 2.23 bits per heavy atom. The molecule has 0 saturated carbocycles. The number of benzene rings is 3. The smallest absolute Gasteiger partial charge is 0.434 e. The van der Waals surface area contributed by atoms with Crippen molar-refractivity contribution in [3.63, 3.8) is 0 Å². The molecule has 2 N–H and O–H groups in total. The lowest BCUT2D eigenvalue weighted by molar-refractivity contribution is 0.0635. The Hall–Kier alpha value is -4.99. The molecule has 10 heteroatoms. The molecule has 1 aliphatic heterocycles. The van der Waals surface area contributed by atoms with Gasteiger partial charge in [0.15, 0.2) is 0 Å². The standard InChI is InChI=1S/C30H29N3O7/c1-4-39-30(38)40-22-12-9-19(10-13-22)27(35)32-25-8-6-5-7-21(25)16-31-26(34)20-11-14-23-24(15-20)29(37)33(28(23)36)17-18(2)3/h5-15,18H,4,16-17H2,1-3H3,(H,31,34)(H,32,35). The fourth-order valence-electron chi connectivity index (χ4n) is 4.15. The maximum atomic E-state index is 12.9. The second-order valence-corrected chi connectivity index (χ2v) is 9.48. The number of carbonyl (C=O) groups excluding carboxylic acids is 5. The van der Waals surface area contributed by atoms with Gasteiger partial charge in [0, 0.05) is 29.9 Å². The molecule has 10 nitrogen and oxygen atoms in total. The van der Waals surface area contributed by atoms with Crippen LogP contribution in [0.2, 0.25) is 0 Å². The summed E-state index contributed by atoms with van der Waals surface area (Å²) in [6.45, 7) is 6.10. The van der Waals surface area contributed by atoms with E-state index in [0.717, 1.165) is 0 Å². The normalized spacial score (nSPS) is 12.2. The van der Waals surface area contributed by atoms with Crippen molar-refractivity contribution >= 4 is 35.5 Å². The van der Waals surface area contributed by atoms with E-state index >= 15 is 0 Å². The Kier molecular flexibility index (Phi) is 8.58. The highest BCUT2D eigenvalue weighted by molar-refractivity contribution is 6.22. The van der Waals surface area contributed by atoms with E-state index in [0.29, 0.717) is 23.4 Å². The number of hydrogen-bond acceptors (Lipinski definition) is 7. The van der Waals surface area contributed by atoms with Crippen LogP contribution in [-0.4, -0.2) is 47.8 Å². The highest BCUT2D eigenvalue weighted by atomic mass is 16.7. The van der Waals surface area contributed by atoms with E-state index in [1.54, 1.807) is 31.2 Å². The number of fused-ring (bicyclic) bond motifs is 1. The molecule has 0 fully saturated rings. The van der Waals surface area contributed by atoms with Crippen LogP contribution in [0.5, 0.6) is 5.75 Å². The molecular weight excluding hydrogens is 514 g/mol. The van der Waals surface area contributed by atoms with Gasteiger partial charge in [0.2, 0.25) is 0 Å². The van der Waals surface area contributed by atoms with E-state index in [9.17, 15) is 24.0 Å². The van der Waals surface area contributed by atoms with Crippen LogP contribution in [0.1, 0.15) is 67.8 Å². The van der Waals surface area contributed by atoms with Crippen molar-refractivity contribution in [3.05, 3.63) is 94.5 Å². The van der Waals surface area contributed by atoms with Gasteiger partial charge in [-0.3, -0.25) is 24.1 Å². The van der Waals surface area contributed by atoms with Crippen molar-refractivity contribution < 1.29 is 33.4 Å². The van der Waals surface area contributed by atoms with E-state index in [-0.39, 0.29) is 47.4 Å². The zero-order valence-electron chi connectivity index (χ0n) is 22.4. The van der Waals surface area contributed by atoms with Gasteiger partial charge in [-0.15, -0.1) is 0 Å². The number of amides is 4. The zero-order chi connectivity index (χ0) is 28.8. The number of hydrogen-bond donors (Lipinski definition) is 2. The maximum absolute atomic E-state index is 12.9. The molecule has 1 heterocycles. The number of imide groups is 1. The summed E-state index contributed by atoms with van der Waals surface area (Å²) in [7, 11) is 0. The lowest BCUT2D eigenvalue weighted by Gasteiger charge is -2.15. The van der Waals surface area contributed by atoms with Gasteiger partial charge in [0.1, 0.15) is 5.75 Å². The predicted octanol–water partition coefficient (Wildman–Crippen LogP) is 4.66. The average molecular weight is 544 g/mol. The number of para-hydroxylation sites is 1. The predicted molar refractivity (Wildman–Crippen MR) is 146 cm³/mol. The third kappa shape index (κ3) is 6.35. The molecule has 4 amide bonds. The van der Waals surface area contributed by atoms with Crippen LogP contribution in [0.4, 0.5) is 10.5 Å². The molecule has 3 aromatic rings. The lowest BCUT2D eigenvalue weighted by Crippen LogP contribution is -2.33. The molecule has 0 aromatic heterocycles. The number of nitrogens with one attached hydrogen (secondary N) is 2. The lowest BCUT2D eigenvalue weighted by atomic mass is 10.1. The quantitative estimate of drug-likeness (QED) is 0.228. The van der Waals surface area contributed by atoms with Crippen molar-refractivity contribution in [2.75, 3.05) is 18.5 Å². The molecule has 0 unspecified atom stereocenters. The molecule has 206 valence electrons. The molecule has 1 aliphatic rings. The fourth-order valence-corrected chi connectivity index (χ4v) is 4.15. The van der Waals surface area contributed by atoms with E-state index < -0.39 is 23.9 Å². The number of ether oxygens (including phenoxy) is 2. The molecule has 0 bridgehead atoms. The summed E-state index contributed by atoms with van der Waals surface area (Å²) in [5.41, 5.74) is 2.23. The molecule has 0 atom stereocenters. The Morgan fingerprint density at radius 1 is 0.850 bits per heavy atom. The number of anilines is 1. The van der Waals surface area contributed by atoms with Crippen molar-refractivity contribution in [2.24, 2.45) is 5.92 Å². The van der Waals surface area contributed by atoms with E-state index in [1.807, 2.05) is 13.8 Å². The van der Waals surface area contributed by atoms with Crippen LogP contribution >= 0.6 is 0 Å². The topological polar surface area (TPSA) is 131 Å². The van der Waals surface area contributed by atoms with E-state index in [2.05, 4.69) is 10.6 Å². The van der Waals surface area contributed by atoms with Crippen LogP contribution in [0.25, 0.3) is 0 Å². The maximum Gasteiger partial charge on any atom is 0.513 e. The first-order valence-corrected chi connectivity index (χ1v) is 12.8. The Balaban J connectivity index is 1.40. The number of rotatable bonds is 9. The van der Waals surface area contributed by atoms with Crippen molar-refractivity contribution in [1.82, 2.24) is 10.2 Å². The molecule has 3 aromatic carbocycles. The number of nitrogens with zero attached hydrogens (tertiary/aromatic N) is 1. The molecule has 4 rings (SSSR count). The molecule has 0 saturated heterocycles. The summed E-state index contributed by atoms with van der Waals surface area (Å²) < 4.78 is 9.73. The van der Waals surface area contributed by atoms with Crippen LogP contribution in [-0.2, 0) is 11.3 Å². The second kappa shape index (κ2) is 12.2. The monoisotopic (exact) mass is 543 g/mol. The van der Waals surface area contributed by atoms with Gasteiger partial charge in [-0.05, 0) is 66.9 Å². The first kappa shape index (κ1) is 28.0. The zero-order valence-corrected chi connectivity index (χ0v) is 22.4. The fraction of sp³-hybridized carbons (Fsp3) is 0.233. The highest BCUT2D eigenvalue weighted by Gasteiger charge is 2.36. The molecule has 0 aliphatic carbocycles. The molecule has 40 heavy (non-hydrogen) atoms. The van der Waals surface area contributed by atoms with Crippen molar-refractivity contribution in [3.8, 4) is 5.75 Å². The highest BCUT2D eigenvalue weighted by Crippen LogP contribution is 2.25. The minimum absolute atomic E-state index is 0.102. The average Bonchev–Trinajstić information content (AvgIpc) is 3.16. The summed E-state index contributed by atoms with van der Waals surface area (Å²) in [6.07, 6.45) is -0.830. The van der Waals surface area contributed by atoms with Crippen LogP contribution < -0.4 is 15.4 Å². The first-order chi connectivity index (χ1) is 19.2. The van der Waals surface area contributed by atoms with E-state index in [4.69, 9.17) is 9.47 Å². The SMILES string of the molecule is CCOC(=O)Oc1ccc(C(=O)Nc2ccccc2CNC(=O)c2ccc3c(c2)C(=O)N(CC(C)C)C3=O)cc1. The van der Waals surface area contributed by atoms with Gasteiger partial charge in [-0.2, -0.15) is 0 Å². The molecule has 0 radical (unpaired) electrons. The van der Waals surface area contributed by atoms with Crippen LogP contribution in [0.3, 0.4) is 0 Å². The van der Waals surface area contributed by atoms with Crippen LogP contribution in [0.15, 0.2) is 66.7 Å². The summed E-state index contributed by atoms with van der Waals surface area (Å²) in [5, 5.41) is 5.63. The third-order valence-electron chi connectivity index (χ3n) is 6.07. The molecular formula is C30H29N3O7. The summed E-state index contributed by atoms with van der Waals surface area (Å²) >= 11 is 0. The Bertz CT molecular complexity index is 1460. The minimum atomic E-state index is -0.830. The largest absolute Gasteiger partial charge is 0.513 e. The van der Waals surface area contributed by atoms with Crippen molar-refractivity contribution in [1.29, 1.82) is 0 Å². The van der Waals surface area contributed by atoms with Gasteiger partial charge >= 0.3 is 6.16 Å². The Labute approximate surface area is 231 Å². The van der Waals surface area contributed by atoms with Crippen molar-refractivity contribution in [2.45, 2.75) is 27.3 Å².